The van der Waals surface area contributed by atoms with Crippen molar-refractivity contribution in [2.75, 3.05) is 25.9 Å². The zero-order chi connectivity index (χ0) is 14.6. The van der Waals surface area contributed by atoms with Crippen molar-refractivity contribution >= 4 is 10.0 Å². The van der Waals surface area contributed by atoms with Gasteiger partial charge in [0.2, 0.25) is 10.0 Å². The van der Waals surface area contributed by atoms with Crippen LogP contribution in [0.4, 0.5) is 0 Å². The van der Waals surface area contributed by atoms with Gasteiger partial charge in [-0.05, 0) is 30.9 Å². The highest BCUT2D eigenvalue weighted by atomic mass is 32.2. The summed E-state index contributed by atoms with van der Waals surface area (Å²) in [6, 6.07) is 10.6. The van der Waals surface area contributed by atoms with Crippen molar-refractivity contribution in [1.82, 2.24) is 9.62 Å². The summed E-state index contributed by atoms with van der Waals surface area (Å²) in [5.41, 5.74) is 1.37. The quantitative estimate of drug-likeness (QED) is 0.865. The van der Waals surface area contributed by atoms with Gasteiger partial charge in [0.25, 0.3) is 0 Å². The lowest BCUT2D eigenvalue weighted by Crippen LogP contribution is -2.37. The average molecular weight is 296 g/mol. The summed E-state index contributed by atoms with van der Waals surface area (Å²) in [5.74, 6) is 0.578. The first-order valence-corrected chi connectivity index (χ1v) is 9.05. The van der Waals surface area contributed by atoms with E-state index in [9.17, 15) is 8.42 Å². The second kappa shape index (κ2) is 6.70. The molecule has 1 aromatic rings. The van der Waals surface area contributed by atoms with Crippen LogP contribution in [0.15, 0.2) is 30.3 Å². The van der Waals surface area contributed by atoms with Crippen molar-refractivity contribution in [2.45, 2.75) is 25.8 Å². The molecule has 1 saturated heterocycles. The van der Waals surface area contributed by atoms with Gasteiger partial charge in [-0.2, -0.15) is 0 Å². The molecule has 1 aliphatic heterocycles. The fraction of sp³-hybridized carbons (Fsp3) is 0.600. The molecular weight excluding hydrogens is 272 g/mol. The lowest BCUT2D eigenvalue weighted by molar-refractivity contribution is 0.282. The van der Waals surface area contributed by atoms with Crippen molar-refractivity contribution < 1.29 is 8.42 Å². The first-order valence-electron chi connectivity index (χ1n) is 7.16. The highest BCUT2D eigenvalue weighted by molar-refractivity contribution is 7.88. The van der Waals surface area contributed by atoms with Gasteiger partial charge in [0.1, 0.15) is 0 Å². The molecule has 1 aliphatic rings. The van der Waals surface area contributed by atoms with Crippen LogP contribution in [0.25, 0.3) is 0 Å². The largest absolute Gasteiger partial charge is 0.301 e. The van der Waals surface area contributed by atoms with Gasteiger partial charge in [0, 0.05) is 19.1 Å². The molecule has 20 heavy (non-hydrogen) atoms. The van der Waals surface area contributed by atoms with Crippen LogP contribution in [0.1, 0.15) is 18.9 Å². The maximum atomic E-state index is 11.2. The standard InChI is InChI=1S/C15H24N2O2S/c1-13(10-14-6-4-3-5-7-14)11-17-9-8-15(12-17)16-20(2,18)19/h3-7,13,15-16H,8-12H2,1-2H3/t13-,15+/m1/s1. The minimum absolute atomic E-state index is 0.0777. The molecule has 0 unspecified atom stereocenters. The number of nitrogens with one attached hydrogen (secondary N) is 1. The molecule has 0 amide bonds. The predicted molar refractivity (Wildman–Crippen MR) is 82.1 cm³/mol. The Labute approximate surface area is 122 Å². The van der Waals surface area contributed by atoms with Crippen molar-refractivity contribution in [1.29, 1.82) is 0 Å². The fourth-order valence-electron chi connectivity index (χ4n) is 2.92. The maximum Gasteiger partial charge on any atom is 0.208 e. The Morgan fingerprint density at radius 2 is 2.05 bits per heavy atom. The average Bonchev–Trinajstić information content (AvgIpc) is 2.75. The molecule has 1 aromatic carbocycles. The minimum Gasteiger partial charge on any atom is -0.301 e. The lowest BCUT2D eigenvalue weighted by Gasteiger charge is -2.21. The lowest BCUT2D eigenvalue weighted by atomic mass is 10.0. The Bertz CT molecular complexity index is 516. The summed E-state index contributed by atoms with van der Waals surface area (Å²) in [7, 11) is -3.08. The maximum absolute atomic E-state index is 11.2. The molecule has 0 bridgehead atoms. The van der Waals surface area contributed by atoms with Crippen LogP contribution in [0.3, 0.4) is 0 Å². The molecule has 2 rings (SSSR count). The SMILES string of the molecule is C[C@H](Cc1ccccc1)CN1CC[C@H](NS(C)(=O)=O)C1. The van der Waals surface area contributed by atoms with Crippen LogP contribution in [0.5, 0.6) is 0 Å². The highest BCUT2D eigenvalue weighted by Gasteiger charge is 2.25. The Hall–Kier alpha value is -0.910. The summed E-state index contributed by atoms with van der Waals surface area (Å²) in [5, 5.41) is 0. The zero-order valence-corrected chi connectivity index (χ0v) is 13.1. The van der Waals surface area contributed by atoms with Gasteiger partial charge in [-0.1, -0.05) is 37.3 Å². The van der Waals surface area contributed by atoms with Gasteiger partial charge in [-0.3, -0.25) is 0 Å². The molecule has 0 spiro atoms. The van der Waals surface area contributed by atoms with Crippen molar-refractivity contribution in [3.8, 4) is 0 Å². The molecular formula is C15H24N2O2S. The molecule has 2 atom stereocenters. The summed E-state index contributed by atoms with van der Waals surface area (Å²) in [6.07, 6.45) is 3.21. The molecule has 1 fully saturated rings. The van der Waals surface area contributed by atoms with E-state index in [0.717, 1.165) is 32.5 Å². The smallest absolute Gasteiger partial charge is 0.208 e. The van der Waals surface area contributed by atoms with Gasteiger partial charge in [0.15, 0.2) is 0 Å². The van der Waals surface area contributed by atoms with Gasteiger partial charge in [-0.15, -0.1) is 0 Å². The van der Waals surface area contributed by atoms with Gasteiger partial charge < -0.3 is 4.90 Å². The molecule has 5 heteroatoms. The third-order valence-electron chi connectivity index (χ3n) is 3.65. The molecule has 4 nitrogen and oxygen atoms in total. The van der Waals surface area contributed by atoms with E-state index >= 15 is 0 Å². The van der Waals surface area contributed by atoms with Gasteiger partial charge >= 0.3 is 0 Å². The van der Waals surface area contributed by atoms with E-state index in [1.807, 2.05) is 6.07 Å². The monoisotopic (exact) mass is 296 g/mol. The zero-order valence-electron chi connectivity index (χ0n) is 12.2. The first kappa shape index (κ1) is 15.5. The van der Waals surface area contributed by atoms with Crippen LogP contribution in [-0.2, 0) is 16.4 Å². The third-order valence-corrected chi connectivity index (χ3v) is 4.41. The summed E-state index contributed by atoms with van der Waals surface area (Å²) < 4.78 is 25.2. The van der Waals surface area contributed by atoms with E-state index in [0.29, 0.717) is 5.92 Å². The Morgan fingerprint density at radius 3 is 2.70 bits per heavy atom. The number of rotatable bonds is 6. The fourth-order valence-corrected chi connectivity index (χ4v) is 3.72. The van der Waals surface area contributed by atoms with Crippen LogP contribution >= 0.6 is 0 Å². The molecule has 0 radical (unpaired) electrons. The van der Waals surface area contributed by atoms with E-state index in [1.165, 1.54) is 11.8 Å². The van der Waals surface area contributed by atoms with Crippen molar-refractivity contribution in [3.63, 3.8) is 0 Å². The van der Waals surface area contributed by atoms with Crippen LogP contribution in [0.2, 0.25) is 0 Å². The van der Waals surface area contributed by atoms with E-state index < -0.39 is 10.0 Å². The van der Waals surface area contributed by atoms with Gasteiger partial charge in [0.05, 0.1) is 6.26 Å². The molecule has 1 N–H and O–H groups in total. The molecule has 0 saturated carbocycles. The highest BCUT2D eigenvalue weighted by Crippen LogP contribution is 2.15. The Morgan fingerprint density at radius 1 is 1.35 bits per heavy atom. The predicted octanol–water partition coefficient (Wildman–Crippen LogP) is 1.49. The van der Waals surface area contributed by atoms with E-state index in [4.69, 9.17) is 0 Å². The molecule has 1 heterocycles. The molecule has 0 aromatic heterocycles. The van der Waals surface area contributed by atoms with E-state index in [2.05, 4.69) is 40.8 Å². The van der Waals surface area contributed by atoms with E-state index in [-0.39, 0.29) is 6.04 Å². The Balaban J connectivity index is 1.77. The normalized spacial score (nSPS) is 22.0. The van der Waals surface area contributed by atoms with Crippen LogP contribution < -0.4 is 4.72 Å². The van der Waals surface area contributed by atoms with Crippen LogP contribution in [0, 0.1) is 5.92 Å². The second-order valence-corrected chi connectivity index (χ2v) is 7.71. The number of sulfonamides is 1. The second-order valence-electron chi connectivity index (χ2n) is 5.93. The van der Waals surface area contributed by atoms with Gasteiger partial charge in [-0.25, -0.2) is 13.1 Å². The molecule has 0 aliphatic carbocycles. The van der Waals surface area contributed by atoms with Crippen molar-refractivity contribution in [2.24, 2.45) is 5.92 Å². The molecule has 112 valence electrons. The minimum atomic E-state index is -3.08. The van der Waals surface area contributed by atoms with Crippen molar-refractivity contribution in [3.05, 3.63) is 35.9 Å². The summed E-state index contributed by atoms with van der Waals surface area (Å²) in [4.78, 5) is 2.36. The van der Waals surface area contributed by atoms with Crippen LogP contribution in [-0.4, -0.2) is 45.2 Å². The topological polar surface area (TPSA) is 49.4 Å². The third kappa shape index (κ3) is 5.23. The summed E-state index contributed by atoms with van der Waals surface area (Å²) >= 11 is 0. The number of hydrogen-bond donors (Lipinski definition) is 1. The first-order chi connectivity index (χ1) is 9.42. The number of benzene rings is 1. The summed E-state index contributed by atoms with van der Waals surface area (Å²) in [6.45, 7) is 5.08. The van der Waals surface area contributed by atoms with E-state index in [1.54, 1.807) is 0 Å². The number of likely N-dealkylation sites (tertiary alicyclic amines) is 1. The number of nitrogens with zero attached hydrogens (tertiary/aromatic N) is 1. The Kier molecular flexibility index (Phi) is 5.18. The number of hydrogen-bond acceptors (Lipinski definition) is 3.